The highest BCUT2D eigenvalue weighted by atomic mass is 16.4. The van der Waals surface area contributed by atoms with Crippen LogP contribution in [0.15, 0.2) is 72.8 Å². The SMILES string of the molecule is C#Cc1ccc(C2(c3ccc(C#C)c(C#C)c3)c3cccc(C(=O)O)c3-c3c(C(=O)O)cccc32)cc1C#C. The molecule has 0 aliphatic heterocycles. The summed E-state index contributed by atoms with van der Waals surface area (Å²) in [5.41, 5.74) is 3.79. The minimum absolute atomic E-state index is 0.0286. The minimum atomic E-state index is -1.20. The fraction of sp³-hybridized carbons (Fsp3) is 0.0286. The number of benzene rings is 4. The van der Waals surface area contributed by atoms with Gasteiger partial charge < -0.3 is 10.2 Å². The zero-order chi connectivity index (χ0) is 27.9. The molecule has 4 aromatic rings. The van der Waals surface area contributed by atoms with Gasteiger partial charge in [0.2, 0.25) is 0 Å². The van der Waals surface area contributed by atoms with Crippen molar-refractivity contribution >= 4 is 11.9 Å². The normalized spacial score (nSPS) is 12.1. The average molecular weight is 503 g/mol. The molecule has 0 saturated heterocycles. The molecule has 0 fully saturated rings. The summed E-state index contributed by atoms with van der Waals surface area (Å²) in [6.07, 6.45) is 23.0. The first-order valence-corrected chi connectivity index (χ1v) is 11.7. The van der Waals surface area contributed by atoms with Crippen LogP contribution in [0.2, 0.25) is 0 Å². The van der Waals surface area contributed by atoms with Crippen LogP contribution in [0, 0.1) is 49.4 Å². The van der Waals surface area contributed by atoms with Crippen molar-refractivity contribution in [2.45, 2.75) is 5.41 Å². The maximum atomic E-state index is 12.5. The maximum Gasteiger partial charge on any atom is 0.336 e. The molecule has 39 heavy (non-hydrogen) atoms. The Balaban J connectivity index is 2.08. The lowest BCUT2D eigenvalue weighted by molar-refractivity contribution is 0.0684. The molecule has 1 aliphatic rings. The fourth-order valence-corrected chi connectivity index (χ4v) is 5.60. The van der Waals surface area contributed by atoms with Gasteiger partial charge in [-0.25, -0.2) is 9.59 Å². The quantitative estimate of drug-likeness (QED) is 0.324. The van der Waals surface area contributed by atoms with Gasteiger partial charge in [0.05, 0.1) is 16.5 Å². The Morgan fingerprint density at radius 3 is 1.28 bits per heavy atom. The van der Waals surface area contributed by atoms with Crippen LogP contribution >= 0.6 is 0 Å². The van der Waals surface area contributed by atoms with Crippen molar-refractivity contribution in [2.75, 3.05) is 0 Å². The van der Waals surface area contributed by atoms with E-state index in [1.54, 1.807) is 48.5 Å². The van der Waals surface area contributed by atoms with Gasteiger partial charge in [-0.05, 0) is 58.7 Å². The summed E-state index contributed by atoms with van der Waals surface area (Å²) in [5, 5.41) is 20.3. The van der Waals surface area contributed by atoms with E-state index in [0.29, 0.717) is 55.6 Å². The van der Waals surface area contributed by atoms with Crippen LogP contribution in [0.5, 0.6) is 0 Å². The molecule has 0 radical (unpaired) electrons. The van der Waals surface area contributed by atoms with Gasteiger partial charge in [-0.2, -0.15) is 0 Å². The number of terminal acetylenes is 4. The molecule has 2 N–H and O–H groups in total. The predicted molar refractivity (Wildman–Crippen MR) is 149 cm³/mol. The van der Waals surface area contributed by atoms with Crippen molar-refractivity contribution in [3.63, 3.8) is 0 Å². The number of carboxylic acids is 2. The van der Waals surface area contributed by atoms with Crippen molar-refractivity contribution in [2.24, 2.45) is 0 Å². The van der Waals surface area contributed by atoms with E-state index in [1.165, 1.54) is 12.1 Å². The molecule has 5 rings (SSSR count). The summed E-state index contributed by atoms with van der Waals surface area (Å²) in [5.74, 6) is 8.08. The lowest BCUT2D eigenvalue weighted by atomic mass is 9.66. The van der Waals surface area contributed by atoms with E-state index in [1.807, 2.05) is 12.1 Å². The Hall–Kier alpha value is -5.94. The molecular weight excluding hydrogens is 484 g/mol. The number of hydrogen-bond acceptors (Lipinski definition) is 2. The molecule has 0 amide bonds. The summed E-state index contributed by atoms with van der Waals surface area (Å²) in [6, 6.07) is 20.4. The van der Waals surface area contributed by atoms with Gasteiger partial charge in [-0.15, -0.1) is 25.7 Å². The number of fused-ring (bicyclic) bond motifs is 3. The van der Waals surface area contributed by atoms with Crippen LogP contribution in [0.1, 0.15) is 65.2 Å². The second-order valence-electron chi connectivity index (χ2n) is 8.91. The third-order valence-electron chi connectivity index (χ3n) is 7.17. The molecule has 4 nitrogen and oxygen atoms in total. The van der Waals surface area contributed by atoms with Gasteiger partial charge in [0.1, 0.15) is 0 Å². The molecule has 0 saturated carbocycles. The number of hydrogen-bond donors (Lipinski definition) is 2. The Bertz CT molecular complexity index is 1770. The maximum absolute atomic E-state index is 12.5. The van der Waals surface area contributed by atoms with Gasteiger partial charge in [0.25, 0.3) is 0 Å². The van der Waals surface area contributed by atoms with Gasteiger partial charge in [0.15, 0.2) is 0 Å². The highest BCUT2D eigenvalue weighted by Crippen LogP contribution is 2.58. The molecule has 182 valence electrons. The number of rotatable bonds is 4. The van der Waals surface area contributed by atoms with E-state index in [4.69, 9.17) is 25.7 Å². The molecule has 4 heteroatoms. The second-order valence-corrected chi connectivity index (χ2v) is 8.91. The number of aromatic carboxylic acids is 2. The third kappa shape index (κ3) is 3.42. The molecule has 0 aromatic heterocycles. The van der Waals surface area contributed by atoms with Crippen LogP contribution in [-0.2, 0) is 5.41 Å². The van der Waals surface area contributed by atoms with Crippen LogP contribution in [0.3, 0.4) is 0 Å². The van der Waals surface area contributed by atoms with Crippen molar-refractivity contribution in [3.05, 3.63) is 128 Å². The van der Waals surface area contributed by atoms with Crippen molar-refractivity contribution < 1.29 is 19.8 Å². The van der Waals surface area contributed by atoms with E-state index in [9.17, 15) is 19.8 Å². The summed E-state index contributed by atoms with van der Waals surface area (Å²) in [6.45, 7) is 0. The Morgan fingerprint density at radius 2 is 0.949 bits per heavy atom. The van der Waals surface area contributed by atoms with Gasteiger partial charge in [0, 0.05) is 33.4 Å². The molecule has 0 bridgehead atoms. The van der Waals surface area contributed by atoms with Crippen LogP contribution in [-0.4, -0.2) is 22.2 Å². The molecular formula is C35H18O4. The first-order valence-electron chi connectivity index (χ1n) is 11.7. The zero-order valence-electron chi connectivity index (χ0n) is 20.4. The predicted octanol–water partition coefficient (Wildman–Crippen LogP) is 5.37. The van der Waals surface area contributed by atoms with Gasteiger partial charge in [-0.3, -0.25) is 0 Å². The standard InChI is InChI=1S/C35H18O4/c1-5-21-15-17-25(19-23(21)7-3)35(26-18-16-22(6-2)24(8-4)20-26)29-13-9-11-27(33(36)37)31(29)32-28(34(38)39)12-10-14-30(32)35/h1-4,9-20H,(H,36,37)(H,38,39). The van der Waals surface area contributed by atoms with Crippen molar-refractivity contribution in [3.8, 4) is 60.5 Å². The molecule has 0 spiro atoms. The third-order valence-corrected chi connectivity index (χ3v) is 7.17. The smallest absolute Gasteiger partial charge is 0.336 e. The van der Waals surface area contributed by atoms with Gasteiger partial charge in [-0.1, -0.05) is 60.1 Å². The van der Waals surface area contributed by atoms with E-state index in [-0.39, 0.29) is 11.1 Å². The Kier molecular flexibility index (Phi) is 5.82. The largest absolute Gasteiger partial charge is 0.478 e. The highest BCUT2D eigenvalue weighted by Gasteiger charge is 2.49. The fourth-order valence-electron chi connectivity index (χ4n) is 5.60. The molecule has 0 unspecified atom stereocenters. The minimum Gasteiger partial charge on any atom is -0.478 e. The van der Waals surface area contributed by atoms with E-state index in [0.717, 1.165) is 0 Å². The summed E-state index contributed by atoms with van der Waals surface area (Å²) in [4.78, 5) is 24.9. The van der Waals surface area contributed by atoms with E-state index in [2.05, 4.69) is 23.7 Å². The van der Waals surface area contributed by atoms with E-state index >= 15 is 0 Å². The zero-order valence-corrected chi connectivity index (χ0v) is 20.4. The summed E-state index contributed by atoms with van der Waals surface area (Å²) >= 11 is 0. The summed E-state index contributed by atoms with van der Waals surface area (Å²) < 4.78 is 0. The van der Waals surface area contributed by atoms with Crippen LogP contribution in [0.4, 0.5) is 0 Å². The average Bonchev–Trinajstić information content (AvgIpc) is 3.27. The summed E-state index contributed by atoms with van der Waals surface area (Å²) in [7, 11) is 0. The number of carbonyl (C=O) groups is 2. The Morgan fingerprint density at radius 1 is 0.564 bits per heavy atom. The Labute approximate surface area is 226 Å². The molecule has 0 atom stereocenters. The van der Waals surface area contributed by atoms with E-state index < -0.39 is 17.4 Å². The first-order chi connectivity index (χ1) is 18.8. The number of carboxylic acid groups (broad SMARTS) is 2. The van der Waals surface area contributed by atoms with Crippen LogP contribution < -0.4 is 0 Å². The topological polar surface area (TPSA) is 74.6 Å². The molecule has 1 aliphatic carbocycles. The lowest BCUT2D eigenvalue weighted by Gasteiger charge is -2.34. The molecule has 0 heterocycles. The highest BCUT2D eigenvalue weighted by molar-refractivity contribution is 6.07. The van der Waals surface area contributed by atoms with Crippen molar-refractivity contribution in [1.82, 2.24) is 0 Å². The van der Waals surface area contributed by atoms with Crippen molar-refractivity contribution in [1.29, 1.82) is 0 Å². The second kappa shape index (κ2) is 9.18. The lowest BCUT2D eigenvalue weighted by Crippen LogP contribution is -2.29. The monoisotopic (exact) mass is 502 g/mol. The molecule has 4 aromatic carbocycles. The van der Waals surface area contributed by atoms with Crippen LogP contribution in [0.25, 0.3) is 11.1 Å². The first kappa shape index (κ1) is 24.7. The van der Waals surface area contributed by atoms with Gasteiger partial charge >= 0.3 is 11.9 Å².